The molecule has 0 amide bonds. The second kappa shape index (κ2) is 54.4. The van der Waals surface area contributed by atoms with Gasteiger partial charge in [0.1, 0.15) is 0 Å². The Morgan fingerprint density at radius 2 is 0.515 bits per heavy atom. The van der Waals surface area contributed by atoms with E-state index in [4.69, 9.17) is 25.3 Å². The molecule has 0 aromatic heterocycles. The zero-order valence-electron chi connectivity index (χ0n) is 24.0. The summed E-state index contributed by atoms with van der Waals surface area (Å²) in [5, 5.41) is 0. The molecule has 4 radical (unpaired) electrons. The monoisotopic (exact) mass is 608 g/mol. The van der Waals surface area contributed by atoms with Crippen molar-refractivity contribution >= 4 is 49.2 Å². The summed E-state index contributed by atoms with van der Waals surface area (Å²) in [4.78, 5) is 0. The van der Waals surface area contributed by atoms with Gasteiger partial charge in [-0.2, -0.15) is 11.5 Å². The molecule has 0 aromatic rings. The van der Waals surface area contributed by atoms with Crippen LogP contribution in [0.4, 0.5) is 0 Å². The molecule has 0 aliphatic carbocycles. The molecular weight excluding hydrogens is 543 g/mol. The fourth-order valence-corrected chi connectivity index (χ4v) is 3.59. The van der Waals surface area contributed by atoms with Crippen molar-refractivity contribution in [1.29, 1.82) is 0 Å². The molecule has 33 heavy (non-hydrogen) atoms. The van der Waals surface area contributed by atoms with Crippen LogP contribution in [-0.2, 0) is 25.3 Å². The van der Waals surface area contributed by atoms with Gasteiger partial charge < -0.3 is 25.3 Å². The first-order valence-corrected chi connectivity index (χ1v) is 15.5. The van der Waals surface area contributed by atoms with Crippen molar-refractivity contribution in [1.82, 2.24) is 0 Å². The third kappa shape index (κ3) is 71.9. The summed E-state index contributed by atoms with van der Waals surface area (Å²) < 4.78 is 0. The van der Waals surface area contributed by atoms with Gasteiger partial charge in [0.25, 0.3) is 0 Å². The third-order valence-electron chi connectivity index (χ3n) is 5.00. The van der Waals surface area contributed by atoms with E-state index in [0.29, 0.717) is 0 Å². The van der Waals surface area contributed by atoms with Crippen molar-refractivity contribution < 1.29 is 0 Å². The Bertz CT molecular complexity index is 193. The van der Waals surface area contributed by atoms with Crippen LogP contribution in [0.2, 0.25) is 0 Å². The molecule has 0 aliphatic rings. The maximum atomic E-state index is 4.90. The molecule has 0 heterocycles. The van der Waals surface area contributed by atoms with Crippen LogP contribution in [0.25, 0.3) is 0 Å². The van der Waals surface area contributed by atoms with Crippen LogP contribution in [-0.4, -0.2) is 35.4 Å². The Hall–Kier alpha value is 1.50. The summed E-state index contributed by atoms with van der Waals surface area (Å²) in [6, 6.07) is 0. The molecule has 0 rings (SSSR count). The Morgan fingerprint density at radius 3 is 0.667 bits per heavy atom. The van der Waals surface area contributed by atoms with Crippen LogP contribution in [0, 0.1) is 12.8 Å². The van der Waals surface area contributed by atoms with Crippen LogP contribution in [0.15, 0.2) is 0 Å². The average Bonchev–Trinajstić information content (AvgIpc) is 2.78. The molecule has 0 nitrogen and oxygen atoms in total. The molecule has 0 spiro atoms. The van der Waals surface area contributed by atoms with Crippen molar-refractivity contribution in [2.45, 2.75) is 170 Å². The smallest absolute Gasteiger partial charge is 0.793 e. The molecule has 0 aromatic carbocycles. The van der Waals surface area contributed by atoms with Crippen molar-refractivity contribution in [3.8, 4) is 0 Å². The first kappa shape index (κ1) is 44.5. The summed E-state index contributed by atoms with van der Waals surface area (Å²) in [5.41, 5.74) is 0. The van der Waals surface area contributed by atoms with Gasteiger partial charge in [-0.15, -0.1) is 0 Å². The van der Waals surface area contributed by atoms with Gasteiger partial charge in [-0.3, -0.25) is 0 Å². The van der Waals surface area contributed by atoms with Gasteiger partial charge in [0.05, 0.1) is 0 Å². The van der Waals surface area contributed by atoms with Gasteiger partial charge in [-0.1, -0.05) is 170 Å². The standard InChI is InChI=1S/2C12H26S.2C3H7.Sn/c2*1-2-3-4-5-6-7-8-9-10-11-12-13;2*1-3-2;/h2*13H,2-12H2,1H3;2*3H,1-2H3;/q;;;;+2/p-2. The first-order valence-electron chi connectivity index (χ1n) is 14.3. The van der Waals surface area contributed by atoms with Crippen molar-refractivity contribution in [2.24, 2.45) is 0 Å². The maximum absolute atomic E-state index is 4.90. The Labute approximate surface area is 242 Å². The molecule has 0 N–H and O–H groups in total. The molecule has 0 aliphatic heterocycles. The SMILES string of the molecule is CCCCCCCCCCCC[S-].CCCCCCCCCCCC[S-].C[CH]C.C[CH]C.[Sn+2]. The van der Waals surface area contributed by atoms with Gasteiger partial charge in [-0.05, 0) is 12.8 Å². The quantitative estimate of drug-likeness (QED) is 0.0767. The van der Waals surface area contributed by atoms with E-state index < -0.39 is 0 Å². The summed E-state index contributed by atoms with van der Waals surface area (Å²) in [6.45, 7) is 12.5. The molecule has 0 saturated carbocycles. The normalized spacial score (nSPS) is 9.45. The summed E-state index contributed by atoms with van der Waals surface area (Å²) >= 11 is 9.80. The summed E-state index contributed by atoms with van der Waals surface area (Å²) in [6.07, 6.45) is 32.1. The molecule has 0 unspecified atom stereocenters. The fraction of sp³-hybridized carbons (Fsp3) is 0.933. The van der Waals surface area contributed by atoms with Crippen LogP contribution < -0.4 is 0 Å². The number of unbranched alkanes of at least 4 members (excludes halogenated alkanes) is 18. The number of rotatable bonds is 20. The zero-order chi connectivity index (χ0) is 25.0. The van der Waals surface area contributed by atoms with Gasteiger partial charge in [0.15, 0.2) is 0 Å². The Kier molecular flexibility index (Phi) is 73.4. The number of hydrogen-bond donors (Lipinski definition) is 0. The van der Waals surface area contributed by atoms with E-state index in [1.54, 1.807) is 0 Å². The molecule has 3 heteroatoms. The largest absolute Gasteiger partial charge is 2.00 e. The molecule has 200 valence electrons. The number of hydrogen-bond acceptors (Lipinski definition) is 2. The minimum absolute atomic E-state index is 0. The van der Waals surface area contributed by atoms with Crippen LogP contribution >= 0.6 is 0 Å². The zero-order valence-corrected chi connectivity index (χ0v) is 28.5. The molecular formula is C30H64S2Sn. The first-order chi connectivity index (χ1) is 15.7. The Balaban J connectivity index is -0.000000124. The molecule has 0 bridgehead atoms. The second-order valence-electron chi connectivity index (χ2n) is 8.93. The third-order valence-corrected chi connectivity index (χ3v) is 5.57. The van der Waals surface area contributed by atoms with Crippen LogP contribution in [0.5, 0.6) is 0 Å². The van der Waals surface area contributed by atoms with Crippen molar-refractivity contribution in [3.05, 3.63) is 12.8 Å². The van der Waals surface area contributed by atoms with E-state index >= 15 is 0 Å². The van der Waals surface area contributed by atoms with Gasteiger partial charge in [-0.25, -0.2) is 0 Å². The molecule has 0 fully saturated rings. The summed E-state index contributed by atoms with van der Waals surface area (Å²) in [7, 11) is 0. The van der Waals surface area contributed by atoms with Crippen molar-refractivity contribution in [3.63, 3.8) is 0 Å². The van der Waals surface area contributed by atoms with E-state index in [2.05, 4.69) is 13.8 Å². The van der Waals surface area contributed by atoms with Gasteiger partial charge in [0, 0.05) is 0 Å². The maximum Gasteiger partial charge on any atom is 2.00 e. The van der Waals surface area contributed by atoms with Gasteiger partial charge >= 0.3 is 23.9 Å². The van der Waals surface area contributed by atoms with E-state index in [-0.39, 0.29) is 23.9 Å². The topological polar surface area (TPSA) is 0 Å². The second-order valence-corrected chi connectivity index (χ2v) is 9.74. The van der Waals surface area contributed by atoms with E-state index in [1.165, 1.54) is 128 Å². The van der Waals surface area contributed by atoms with Crippen LogP contribution in [0.1, 0.15) is 170 Å². The van der Waals surface area contributed by atoms with E-state index in [1.807, 2.05) is 40.5 Å². The van der Waals surface area contributed by atoms with Gasteiger partial charge in [0.2, 0.25) is 0 Å². The molecule has 0 saturated heterocycles. The minimum atomic E-state index is 0. The fourth-order valence-electron chi connectivity index (χ4n) is 3.18. The summed E-state index contributed by atoms with van der Waals surface area (Å²) in [5.74, 6) is 1.91. The predicted molar refractivity (Wildman–Crippen MR) is 165 cm³/mol. The predicted octanol–water partition coefficient (Wildman–Crippen LogP) is 11.0. The van der Waals surface area contributed by atoms with Crippen LogP contribution in [0.3, 0.4) is 0 Å². The van der Waals surface area contributed by atoms with E-state index in [9.17, 15) is 0 Å². The minimum Gasteiger partial charge on any atom is -0.793 e. The Morgan fingerprint density at radius 1 is 0.364 bits per heavy atom. The average molecular weight is 608 g/mol. The molecule has 0 atom stereocenters. The van der Waals surface area contributed by atoms with E-state index in [0.717, 1.165) is 11.5 Å². The van der Waals surface area contributed by atoms with Crippen molar-refractivity contribution in [2.75, 3.05) is 11.5 Å².